The molecule has 0 unspecified atom stereocenters. The van der Waals surface area contributed by atoms with Crippen LogP contribution in [0.4, 0.5) is 9.59 Å². The molecule has 2 heterocycles. The lowest BCUT2D eigenvalue weighted by Gasteiger charge is -2.41. The predicted molar refractivity (Wildman–Crippen MR) is 101 cm³/mol. The number of nitrogens with zero attached hydrogens (tertiary/aromatic N) is 3. The predicted octanol–water partition coefficient (Wildman–Crippen LogP) is 1.11. The molecule has 0 radical (unpaired) electrons. The normalized spacial score (nSPS) is 19.3. The van der Waals surface area contributed by atoms with Crippen molar-refractivity contribution in [1.29, 1.82) is 0 Å². The molecule has 2 saturated heterocycles. The minimum Gasteiger partial charge on any atom is -0.465 e. The molecule has 1 N–H and O–H groups in total. The largest absolute Gasteiger partial charge is 0.465 e. The minimum atomic E-state index is -4.00. The van der Waals surface area contributed by atoms with Gasteiger partial charge in [0.2, 0.25) is 0 Å². The van der Waals surface area contributed by atoms with Crippen LogP contribution >= 0.6 is 0 Å². The molecule has 1 aromatic carbocycles. The molecule has 1 aromatic rings. The number of carbonyl (C=O) groups is 3. The van der Waals surface area contributed by atoms with Crippen molar-refractivity contribution in [3.8, 4) is 0 Å². The third kappa shape index (κ3) is 3.79. The van der Waals surface area contributed by atoms with Crippen LogP contribution in [0, 0.1) is 6.92 Å². The van der Waals surface area contributed by atoms with Crippen LogP contribution in [0.2, 0.25) is 0 Å². The van der Waals surface area contributed by atoms with Gasteiger partial charge < -0.3 is 14.9 Å². The van der Waals surface area contributed by atoms with Crippen molar-refractivity contribution in [3.63, 3.8) is 0 Å². The molecule has 158 valence electrons. The molecule has 11 heteroatoms. The van der Waals surface area contributed by atoms with E-state index >= 15 is 0 Å². The van der Waals surface area contributed by atoms with Gasteiger partial charge in [-0.1, -0.05) is 17.7 Å². The van der Waals surface area contributed by atoms with Crippen molar-refractivity contribution >= 4 is 28.1 Å². The molecule has 0 atom stereocenters. The summed E-state index contributed by atoms with van der Waals surface area (Å²) in [5.74, 6) is -0.408. The topological polar surface area (TPSA) is 125 Å². The van der Waals surface area contributed by atoms with E-state index in [9.17, 15) is 22.8 Å². The number of carbonyl (C=O) groups excluding carboxylic acids is 2. The summed E-state index contributed by atoms with van der Waals surface area (Å²) >= 11 is 0. The fourth-order valence-electron chi connectivity index (χ4n) is 3.75. The van der Waals surface area contributed by atoms with Gasteiger partial charge in [0.25, 0.3) is 16.0 Å². The Morgan fingerprint density at radius 1 is 1.17 bits per heavy atom. The maximum absolute atomic E-state index is 12.7. The summed E-state index contributed by atoms with van der Waals surface area (Å²) < 4.78 is 29.7. The van der Waals surface area contributed by atoms with E-state index in [1.54, 1.807) is 12.1 Å². The second-order valence-electron chi connectivity index (χ2n) is 7.19. The van der Waals surface area contributed by atoms with Crippen LogP contribution in [-0.2, 0) is 19.1 Å². The Hall–Kier alpha value is -2.66. The van der Waals surface area contributed by atoms with E-state index in [4.69, 9.17) is 9.29 Å². The van der Waals surface area contributed by atoms with Crippen LogP contribution in [-0.4, -0.2) is 85.1 Å². The van der Waals surface area contributed by atoms with Gasteiger partial charge in [-0.2, -0.15) is 8.42 Å². The highest BCUT2D eigenvalue weighted by Crippen LogP contribution is 2.36. The standard InChI is InChI=1S/C18H23N3O7S/c1-13-3-5-14(6-4-13)29(26,27)28-12-11-21-16(23)19(2)15(22)18(21)7-9-20(10-8-18)17(24)25/h3-6H,7-12H2,1-2H3,(H,24,25). The Morgan fingerprint density at radius 3 is 2.31 bits per heavy atom. The Kier molecular flexibility index (Phi) is 5.54. The molecule has 10 nitrogen and oxygen atoms in total. The summed E-state index contributed by atoms with van der Waals surface area (Å²) in [4.78, 5) is 39.9. The third-order valence-electron chi connectivity index (χ3n) is 5.46. The number of likely N-dealkylation sites (tertiary alicyclic amines) is 1. The summed E-state index contributed by atoms with van der Waals surface area (Å²) in [5.41, 5.74) is -0.266. The zero-order chi connectivity index (χ0) is 21.4. The Balaban J connectivity index is 1.71. The molecular weight excluding hydrogens is 402 g/mol. The number of piperidine rings is 1. The zero-order valence-electron chi connectivity index (χ0n) is 16.2. The SMILES string of the molecule is Cc1ccc(S(=O)(=O)OCCN2C(=O)N(C)C(=O)C23CCN(C(=O)O)CC3)cc1. The fourth-order valence-corrected chi connectivity index (χ4v) is 4.65. The maximum Gasteiger partial charge on any atom is 0.407 e. The number of aryl methyl sites for hydroxylation is 1. The van der Waals surface area contributed by atoms with Crippen molar-refractivity contribution in [1.82, 2.24) is 14.7 Å². The Bertz CT molecular complexity index is 921. The van der Waals surface area contributed by atoms with Gasteiger partial charge >= 0.3 is 12.1 Å². The summed E-state index contributed by atoms with van der Waals surface area (Å²) in [5, 5.41) is 9.12. The summed E-state index contributed by atoms with van der Waals surface area (Å²) in [6.45, 7) is 1.64. The zero-order valence-corrected chi connectivity index (χ0v) is 17.0. The van der Waals surface area contributed by atoms with E-state index in [-0.39, 0.29) is 44.0 Å². The first-order valence-electron chi connectivity index (χ1n) is 9.12. The van der Waals surface area contributed by atoms with Crippen molar-refractivity contribution in [2.24, 2.45) is 0 Å². The van der Waals surface area contributed by atoms with Gasteiger partial charge in [0, 0.05) is 26.7 Å². The quantitative estimate of drug-likeness (QED) is 0.553. The van der Waals surface area contributed by atoms with Crippen LogP contribution in [0.15, 0.2) is 29.2 Å². The third-order valence-corrected chi connectivity index (χ3v) is 6.79. The van der Waals surface area contributed by atoms with E-state index in [2.05, 4.69) is 0 Å². The molecule has 0 saturated carbocycles. The van der Waals surface area contributed by atoms with Gasteiger partial charge in [-0.25, -0.2) is 9.59 Å². The second-order valence-corrected chi connectivity index (χ2v) is 8.80. The average Bonchev–Trinajstić information content (AvgIpc) is 2.85. The molecule has 0 bridgehead atoms. The van der Waals surface area contributed by atoms with E-state index < -0.39 is 33.7 Å². The molecular formula is C18H23N3O7S. The van der Waals surface area contributed by atoms with Crippen molar-refractivity contribution < 1.29 is 32.1 Å². The lowest BCUT2D eigenvalue weighted by Crippen LogP contribution is -2.57. The van der Waals surface area contributed by atoms with Gasteiger partial charge in [0.05, 0.1) is 11.5 Å². The molecule has 29 heavy (non-hydrogen) atoms. The molecule has 3 rings (SSSR count). The van der Waals surface area contributed by atoms with Gasteiger partial charge in [-0.05, 0) is 31.9 Å². The number of amides is 4. The highest BCUT2D eigenvalue weighted by molar-refractivity contribution is 7.86. The number of imide groups is 1. The monoisotopic (exact) mass is 425 g/mol. The number of benzene rings is 1. The highest BCUT2D eigenvalue weighted by Gasteiger charge is 2.57. The first-order valence-corrected chi connectivity index (χ1v) is 10.5. The van der Waals surface area contributed by atoms with Crippen LogP contribution in [0.25, 0.3) is 0 Å². The molecule has 2 aliphatic rings. The molecule has 0 aromatic heterocycles. The van der Waals surface area contributed by atoms with E-state index in [0.29, 0.717) is 0 Å². The maximum atomic E-state index is 12.7. The average molecular weight is 425 g/mol. The number of hydrogen-bond donors (Lipinski definition) is 1. The fraction of sp³-hybridized carbons (Fsp3) is 0.500. The lowest BCUT2D eigenvalue weighted by molar-refractivity contribution is -0.134. The van der Waals surface area contributed by atoms with E-state index in [0.717, 1.165) is 10.5 Å². The number of likely N-dealkylation sites (N-methyl/N-ethyl adjacent to an activating group) is 1. The molecule has 2 fully saturated rings. The number of rotatable bonds is 5. The van der Waals surface area contributed by atoms with Gasteiger partial charge in [0.15, 0.2) is 0 Å². The molecule has 2 aliphatic heterocycles. The van der Waals surface area contributed by atoms with Crippen LogP contribution in [0.1, 0.15) is 18.4 Å². The minimum absolute atomic E-state index is 0.00789. The van der Waals surface area contributed by atoms with Crippen molar-refractivity contribution in [2.45, 2.75) is 30.2 Å². The van der Waals surface area contributed by atoms with Gasteiger partial charge in [0.1, 0.15) is 5.54 Å². The number of urea groups is 1. The first-order chi connectivity index (χ1) is 13.6. The molecule has 4 amide bonds. The smallest absolute Gasteiger partial charge is 0.407 e. The van der Waals surface area contributed by atoms with Crippen LogP contribution in [0.3, 0.4) is 0 Å². The molecule has 0 aliphatic carbocycles. The van der Waals surface area contributed by atoms with Crippen molar-refractivity contribution in [2.75, 3.05) is 33.3 Å². The summed E-state index contributed by atoms with van der Waals surface area (Å²) in [6, 6.07) is 5.63. The number of carboxylic acid groups (broad SMARTS) is 1. The summed E-state index contributed by atoms with van der Waals surface area (Å²) in [7, 11) is -2.64. The van der Waals surface area contributed by atoms with E-state index in [1.165, 1.54) is 29.0 Å². The van der Waals surface area contributed by atoms with Gasteiger partial charge in [-0.3, -0.25) is 13.9 Å². The molecule has 1 spiro atoms. The van der Waals surface area contributed by atoms with Crippen LogP contribution in [0.5, 0.6) is 0 Å². The van der Waals surface area contributed by atoms with E-state index in [1.807, 2.05) is 6.92 Å². The Morgan fingerprint density at radius 2 is 1.76 bits per heavy atom. The van der Waals surface area contributed by atoms with Crippen LogP contribution < -0.4 is 0 Å². The summed E-state index contributed by atoms with van der Waals surface area (Å²) in [6.07, 6.45) is -0.776. The van der Waals surface area contributed by atoms with Gasteiger partial charge in [-0.15, -0.1) is 0 Å². The number of hydrogen-bond acceptors (Lipinski definition) is 6. The Labute approximate surface area is 168 Å². The highest BCUT2D eigenvalue weighted by atomic mass is 32.2. The first kappa shape index (κ1) is 21.1. The lowest BCUT2D eigenvalue weighted by atomic mass is 9.86. The second kappa shape index (κ2) is 7.64. The van der Waals surface area contributed by atoms with Crippen molar-refractivity contribution in [3.05, 3.63) is 29.8 Å².